The van der Waals surface area contributed by atoms with Crippen LogP contribution in [0.25, 0.3) is 5.69 Å². The predicted octanol–water partition coefficient (Wildman–Crippen LogP) is 1.52. The quantitative estimate of drug-likeness (QED) is 0.575. The third kappa shape index (κ3) is 4.36. The molecule has 3 rings (SSSR count). The van der Waals surface area contributed by atoms with Crippen molar-refractivity contribution in [3.63, 3.8) is 0 Å². The summed E-state index contributed by atoms with van der Waals surface area (Å²) in [6, 6.07) is 5.54. The molecule has 1 aromatic carbocycles. The number of nitriles is 1. The van der Waals surface area contributed by atoms with Crippen molar-refractivity contribution in [1.29, 1.82) is 5.26 Å². The predicted molar refractivity (Wildman–Crippen MR) is 110 cm³/mol. The van der Waals surface area contributed by atoms with Gasteiger partial charge in [-0.1, -0.05) is 37.0 Å². The lowest BCUT2D eigenvalue weighted by molar-refractivity contribution is 0.184. The minimum absolute atomic E-state index is 0.0320. The van der Waals surface area contributed by atoms with Crippen LogP contribution in [-0.4, -0.2) is 29.7 Å². The zero-order valence-corrected chi connectivity index (χ0v) is 17.6. The summed E-state index contributed by atoms with van der Waals surface area (Å²) in [5.74, 6) is -0.244. The fraction of sp³-hybridized carbons (Fsp3) is 0.222. The maximum Gasteiger partial charge on any atom is 0.349 e. The lowest BCUT2D eigenvalue weighted by Gasteiger charge is -2.14. The highest BCUT2D eigenvalue weighted by Crippen LogP contribution is 2.37. The number of nitrogens with one attached hydrogen (secondary N) is 1. The van der Waals surface area contributed by atoms with Gasteiger partial charge in [-0.15, -0.1) is 10.2 Å². The Morgan fingerprint density at radius 2 is 1.84 bits per heavy atom. The summed E-state index contributed by atoms with van der Waals surface area (Å²) in [7, 11) is 0. The van der Waals surface area contributed by atoms with Crippen LogP contribution in [-0.2, 0) is 6.73 Å². The monoisotopic (exact) mass is 464 g/mol. The molecule has 11 nitrogen and oxygen atoms in total. The highest BCUT2D eigenvalue weighted by Gasteiger charge is 2.18. The van der Waals surface area contributed by atoms with Crippen LogP contribution in [0.15, 0.2) is 32.6 Å². The van der Waals surface area contributed by atoms with Crippen molar-refractivity contribution in [3.8, 4) is 23.4 Å². The van der Waals surface area contributed by atoms with Gasteiger partial charge in [-0.05, 0) is 18.1 Å². The van der Waals surface area contributed by atoms with Crippen molar-refractivity contribution in [2.75, 3.05) is 0 Å². The van der Waals surface area contributed by atoms with Crippen LogP contribution in [0.1, 0.15) is 31.0 Å². The normalized spacial score (nSPS) is 10.9. The summed E-state index contributed by atoms with van der Waals surface area (Å²) in [5.41, 5.74) is -2.39. The van der Waals surface area contributed by atoms with Crippen molar-refractivity contribution < 1.29 is 9.84 Å². The summed E-state index contributed by atoms with van der Waals surface area (Å²) < 4.78 is 7.23. The van der Waals surface area contributed by atoms with Crippen LogP contribution in [0.2, 0.25) is 10.0 Å². The average Bonchev–Trinajstić information content (AvgIpc) is 2.71. The summed E-state index contributed by atoms with van der Waals surface area (Å²) in [4.78, 5) is 37.8. The van der Waals surface area contributed by atoms with Gasteiger partial charge in [0.1, 0.15) is 12.8 Å². The van der Waals surface area contributed by atoms with Crippen LogP contribution in [0, 0.1) is 11.3 Å². The molecule has 0 bridgehead atoms. The topological polar surface area (TPSA) is 156 Å². The van der Waals surface area contributed by atoms with Crippen LogP contribution in [0.5, 0.6) is 11.6 Å². The Kier molecular flexibility index (Phi) is 6.26. The Morgan fingerprint density at radius 1 is 1.19 bits per heavy atom. The summed E-state index contributed by atoms with van der Waals surface area (Å²) in [5, 5.41) is 25.8. The fourth-order valence-corrected chi connectivity index (χ4v) is 3.17. The number of rotatable bonds is 5. The molecule has 0 aliphatic rings. The van der Waals surface area contributed by atoms with Gasteiger partial charge in [0.15, 0.2) is 5.75 Å². The third-order valence-corrected chi connectivity index (χ3v) is 4.67. The zero-order chi connectivity index (χ0) is 22.9. The van der Waals surface area contributed by atoms with E-state index in [9.17, 15) is 19.5 Å². The molecule has 0 spiro atoms. The van der Waals surface area contributed by atoms with Gasteiger partial charge in [-0.25, -0.2) is 9.48 Å². The first-order valence-electron chi connectivity index (χ1n) is 8.70. The average molecular weight is 465 g/mol. The van der Waals surface area contributed by atoms with E-state index in [0.717, 1.165) is 9.36 Å². The largest absolute Gasteiger partial charge is 0.434 e. The molecule has 31 heavy (non-hydrogen) atoms. The molecular formula is C18H14Cl2N6O5. The molecule has 0 fully saturated rings. The summed E-state index contributed by atoms with van der Waals surface area (Å²) in [6.07, 6.45) is 0. The van der Waals surface area contributed by atoms with E-state index in [1.54, 1.807) is 19.9 Å². The van der Waals surface area contributed by atoms with Crippen molar-refractivity contribution in [2.24, 2.45) is 0 Å². The highest BCUT2D eigenvalue weighted by molar-refractivity contribution is 6.37. The van der Waals surface area contributed by atoms with Crippen LogP contribution < -0.4 is 21.5 Å². The minimum Gasteiger partial charge on any atom is -0.434 e. The number of aromatic nitrogens is 5. The van der Waals surface area contributed by atoms with Gasteiger partial charge >= 0.3 is 5.69 Å². The van der Waals surface area contributed by atoms with Gasteiger partial charge in [-0.2, -0.15) is 9.94 Å². The number of aliphatic hydroxyl groups is 1. The Labute approximate surface area is 183 Å². The van der Waals surface area contributed by atoms with E-state index in [4.69, 9.17) is 33.2 Å². The molecule has 0 unspecified atom stereocenters. The molecule has 0 radical (unpaired) electrons. The number of halogens is 2. The lowest BCUT2D eigenvalue weighted by Crippen LogP contribution is -2.33. The van der Waals surface area contributed by atoms with E-state index in [2.05, 4.69) is 10.2 Å². The maximum absolute atomic E-state index is 12.2. The molecule has 2 heterocycles. The van der Waals surface area contributed by atoms with Gasteiger partial charge in [0.2, 0.25) is 11.6 Å². The van der Waals surface area contributed by atoms with Crippen molar-refractivity contribution in [3.05, 3.63) is 70.7 Å². The van der Waals surface area contributed by atoms with E-state index in [-0.39, 0.29) is 33.3 Å². The number of ether oxygens (including phenoxy) is 1. The van der Waals surface area contributed by atoms with Gasteiger partial charge in [0.05, 0.1) is 15.7 Å². The van der Waals surface area contributed by atoms with Gasteiger partial charge in [-0.3, -0.25) is 14.6 Å². The molecule has 2 N–H and O–H groups in total. The molecule has 0 atom stereocenters. The smallest absolute Gasteiger partial charge is 0.349 e. The highest BCUT2D eigenvalue weighted by atomic mass is 35.5. The summed E-state index contributed by atoms with van der Waals surface area (Å²) in [6.45, 7) is 2.93. The zero-order valence-electron chi connectivity index (χ0n) is 16.1. The third-order valence-electron chi connectivity index (χ3n) is 4.10. The van der Waals surface area contributed by atoms with Crippen LogP contribution in [0.3, 0.4) is 0 Å². The molecule has 3 aromatic rings. The first-order chi connectivity index (χ1) is 14.7. The van der Waals surface area contributed by atoms with E-state index in [1.807, 2.05) is 4.98 Å². The Morgan fingerprint density at radius 3 is 2.39 bits per heavy atom. The molecule has 0 amide bonds. The van der Waals surface area contributed by atoms with Gasteiger partial charge in [0, 0.05) is 11.6 Å². The molecular weight excluding hydrogens is 451 g/mol. The minimum atomic E-state index is -0.924. The molecule has 2 aromatic heterocycles. The molecule has 0 aliphatic heterocycles. The number of aromatic amines is 1. The molecule has 160 valence electrons. The second kappa shape index (κ2) is 8.73. The van der Waals surface area contributed by atoms with Crippen LogP contribution >= 0.6 is 23.2 Å². The number of nitrogens with zero attached hydrogens (tertiary/aromatic N) is 5. The number of H-pyrrole nitrogens is 1. The second-order valence-electron chi connectivity index (χ2n) is 6.51. The number of benzene rings is 1. The first-order valence-corrected chi connectivity index (χ1v) is 9.45. The molecule has 0 aliphatic carbocycles. The van der Waals surface area contributed by atoms with Crippen molar-refractivity contribution in [2.45, 2.75) is 26.5 Å². The Balaban J connectivity index is 2.08. The van der Waals surface area contributed by atoms with E-state index in [1.165, 1.54) is 18.2 Å². The van der Waals surface area contributed by atoms with Gasteiger partial charge < -0.3 is 9.84 Å². The van der Waals surface area contributed by atoms with E-state index < -0.39 is 29.2 Å². The molecule has 0 saturated carbocycles. The van der Waals surface area contributed by atoms with Crippen LogP contribution in [0.4, 0.5) is 0 Å². The second-order valence-corrected chi connectivity index (χ2v) is 7.33. The van der Waals surface area contributed by atoms with Crippen molar-refractivity contribution >= 4 is 23.2 Å². The molecule has 0 saturated heterocycles. The first kappa shape index (κ1) is 22.2. The number of aliphatic hydroxyl groups excluding tert-OH is 1. The van der Waals surface area contributed by atoms with Crippen molar-refractivity contribution in [1.82, 2.24) is 24.5 Å². The Hall–Kier alpha value is -3.46. The number of hydrogen-bond donors (Lipinski definition) is 2. The Bertz CT molecular complexity index is 1360. The SMILES string of the molecule is CC(C)c1cc(Oc2c(Cl)cc(-n3nc(C#N)c(=O)[nH]c3=O)cc2Cl)nn(CO)c1=O. The van der Waals surface area contributed by atoms with E-state index >= 15 is 0 Å². The summed E-state index contributed by atoms with van der Waals surface area (Å²) >= 11 is 12.5. The fourth-order valence-electron chi connectivity index (χ4n) is 2.62. The lowest BCUT2D eigenvalue weighted by atomic mass is 10.1. The van der Waals surface area contributed by atoms with E-state index in [0.29, 0.717) is 5.56 Å². The number of hydrogen-bond acceptors (Lipinski definition) is 8. The van der Waals surface area contributed by atoms with Gasteiger partial charge in [0.25, 0.3) is 11.1 Å². The standard InChI is InChI=1S/C18H14Cl2N6O5/c1-8(2)10-5-14(24-25(7-27)17(10)29)31-15-11(19)3-9(4-12(15)20)26-18(30)22-16(28)13(6-21)23-26/h3-5,8,27H,7H2,1-2H3,(H,22,28,30). The molecule has 13 heteroatoms. The maximum atomic E-state index is 12.2.